The number of benzene rings is 1. The van der Waals surface area contributed by atoms with Gasteiger partial charge in [0.1, 0.15) is 6.61 Å². The first-order valence-corrected chi connectivity index (χ1v) is 8.25. The van der Waals surface area contributed by atoms with Gasteiger partial charge in [0, 0.05) is 6.42 Å². The average Bonchev–Trinajstić information content (AvgIpc) is 2.83. The van der Waals surface area contributed by atoms with Crippen molar-refractivity contribution in [3.63, 3.8) is 0 Å². The van der Waals surface area contributed by atoms with E-state index in [1.54, 1.807) is 7.11 Å². The van der Waals surface area contributed by atoms with E-state index in [1.807, 2.05) is 36.4 Å². The number of aryl methyl sites for hydroxylation is 1. The predicted octanol–water partition coefficient (Wildman–Crippen LogP) is 3.08. The summed E-state index contributed by atoms with van der Waals surface area (Å²) in [5, 5.41) is 0. The lowest BCUT2D eigenvalue weighted by atomic mass is 10.0. The molecule has 0 heterocycles. The molecule has 1 aliphatic rings. The summed E-state index contributed by atoms with van der Waals surface area (Å²) in [5.74, 6) is 0.669. The van der Waals surface area contributed by atoms with Crippen molar-refractivity contribution in [2.24, 2.45) is 5.73 Å². The van der Waals surface area contributed by atoms with Gasteiger partial charge < -0.3 is 15.2 Å². The zero-order valence-electron chi connectivity index (χ0n) is 14.2. The van der Waals surface area contributed by atoms with Gasteiger partial charge in [-0.25, -0.2) is 0 Å². The molecule has 0 unspecified atom stereocenters. The second-order valence-corrected chi connectivity index (χ2v) is 5.73. The highest BCUT2D eigenvalue weighted by atomic mass is 16.5. The summed E-state index contributed by atoms with van der Waals surface area (Å²) in [6.45, 7) is 0.948. The van der Waals surface area contributed by atoms with E-state index in [9.17, 15) is 4.79 Å². The third kappa shape index (κ3) is 6.05. The monoisotopic (exact) mass is 327 g/mol. The van der Waals surface area contributed by atoms with Crippen LogP contribution in [0.25, 0.3) is 0 Å². The van der Waals surface area contributed by atoms with Gasteiger partial charge in [0.2, 0.25) is 0 Å². The van der Waals surface area contributed by atoms with Crippen molar-refractivity contribution in [3.8, 4) is 0 Å². The largest absolute Gasteiger partial charge is 0.501 e. The zero-order chi connectivity index (χ0) is 17.2. The maximum Gasteiger partial charge on any atom is 0.310 e. The number of hydrogen-bond acceptors (Lipinski definition) is 4. The number of carbonyl (C=O) groups is 1. The SMILES string of the molecule is COC1=CC=C(COC(=O)Cc2cccc(CCCN)c2)C=CC1. The fraction of sp³-hybridized carbons (Fsp3) is 0.350. The van der Waals surface area contributed by atoms with E-state index in [0.29, 0.717) is 6.54 Å². The van der Waals surface area contributed by atoms with Gasteiger partial charge in [-0.05, 0) is 42.2 Å². The van der Waals surface area contributed by atoms with Gasteiger partial charge in [0.15, 0.2) is 0 Å². The van der Waals surface area contributed by atoms with Gasteiger partial charge in [0.25, 0.3) is 0 Å². The molecular weight excluding hydrogens is 302 g/mol. The summed E-state index contributed by atoms with van der Waals surface area (Å²) >= 11 is 0. The van der Waals surface area contributed by atoms with Crippen LogP contribution in [0, 0.1) is 0 Å². The number of nitrogens with two attached hydrogens (primary N) is 1. The lowest BCUT2D eigenvalue weighted by molar-refractivity contribution is -0.141. The summed E-state index contributed by atoms with van der Waals surface area (Å²) in [7, 11) is 1.65. The molecule has 0 radical (unpaired) electrons. The Morgan fingerprint density at radius 2 is 2.08 bits per heavy atom. The van der Waals surface area contributed by atoms with Gasteiger partial charge in [-0.3, -0.25) is 4.79 Å². The number of ether oxygens (including phenoxy) is 2. The molecule has 2 rings (SSSR count). The molecule has 0 bridgehead atoms. The maximum absolute atomic E-state index is 12.1. The highest BCUT2D eigenvalue weighted by Crippen LogP contribution is 2.13. The van der Waals surface area contributed by atoms with Crippen LogP contribution in [-0.2, 0) is 27.1 Å². The van der Waals surface area contributed by atoms with E-state index in [1.165, 1.54) is 5.56 Å². The molecule has 0 atom stereocenters. The van der Waals surface area contributed by atoms with Crippen LogP contribution in [0.5, 0.6) is 0 Å². The molecule has 0 saturated heterocycles. The molecule has 0 fully saturated rings. The summed E-state index contributed by atoms with van der Waals surface area (Å²) in [4.78, 5) is 12.1. The van der Waals surface area contributed by atoms with Crippen molar-refractivity contribution in [3.05, 3.63) is 71.0 Å². The van der Waals surface area contributed by atoms with Gasteiger partial charge in [-0.2, -0.15) is 0 Å². The van der Waals surface area contributed by atoms with Crippen molar-refractivity contribution in [2.75, 3.05) is 20.3 Å². The number of methoxy groups -OCH3 is 1. The van der Waals surface area contributed by atoms with Crippen molar-refractivity contribution in [1.29, 1.82) is 0 Å². The number of allylic oxidation sites excluding steroid dienone is 3. The summed E-state index contributed by atoms with van der Waals surface area (Å²) in [6, 6.07) is 8.04. The van der Waals surface area contributed by atoms with Crippen LogP contribution in [0.1, 0.15) is 24.0 Å². The number of rotatable bonds is 8. The molecule has 1 aromatic carbocycles. The van der Waals surface area contributed by atoms with Gasteiger partial charge in [0.05, 0.1) is 19.3 Å². The molecule has 2 N–H and O–H groups in total. The van der Waals surface area contributed by atoms with E-state index >= 15 is 0 Å². The van der Waals surface area contributed by atoms with Gasteiger partial charge in [-0.15, -0.1) is 0 Å². The molecule has 1 aromatic rings. The number of hydrogen-bond donors (Lipinski definition) is 1. The van der Waals surface area contributed by atoms with E-state index in [-0.39, 0.29) is 19.0 Å². The molecule has 0 amide bonds. The van der Waals surface area contributed by atoms with Crippen molar-refractivity contribution >= 4 is 5.97 Å². The Labute approximate surface area is 143 Å². The van der Waals surface area contributed by atoms with Crippen LogP contribution in [0.4, 0.5) is 0 Å². The molecule has 0 saturated carbocycles. The van der Waals surface area contributed by atoms with Crippen molar-refractivity contribution in [2.45, 2.75) is 25.7 Å². The molecular formula is C20H25NO3. The Hall–Kier alpha value is -2.33. The quantitative estimate of drug-likeness (QED) is 0.745. The molecule has 0 aromatic heterocycles. The molecule has 24 heavy (non-hydrogen) atoms. The minimum Gasteiger partial charge on any atom is -0.501 e. The van der Waals surface area contributed by atoms with E-state index in [4.69, 9.17) is 15.2 Å². The first kappa shape index (κ1) is 18.0. The highest BCUT2D eigenvalue weighted by molar-refractivity contribution is 5.72. The minimum atomic E-state index is -0.222. The molecule has 0 aliphatic heterocycles. The van der Waals surface area contributed by atoms with E-state index in [2.05, 4.69) is 12.1 Å². The molecule has 4 heteroatoms. The predicted molar refractivity (Wildman–Crippen MR) is 95.4 cm³/mol. The normalized spacial score (nSPS) is 13.8. The third-order valence-electron chi connectivity index (χ3n) is 3.81. The lowest BCUT2D eigenvalue weighted by Crippen LogP contribution is -2.10. The average molecular weight is 327 g/mol. The molecule has 0 spiro atoms. The Morgan fingerprint density at radius 1 is 1.25 bits per heavy atom. The maximum atomic E-state index is 12.1. The van der Waals surface area contributed by atoms with E-state index < -0.39 is 0 Å². The smallest absolute Gasteiger partial charge is 0.310 e. The summed E-state index contributed by atoms with van der Waals surface area (Å²) < 4.78 is 10.6. The van der Waals surface area contributed by atoms with E-state index in [0.717, 1.165) is 36.2 Å². The summed E-state index contributed by atoms with van der Waals surface area (Å²) in [5.41, 5.74) is 8.67. The third-order valence-corrected chi connectivity index (χ3v) is 3.81. The van der Waals surface area contributed by atoms with Crippen molar-refractivity contribution in [1.82, 2.24) is 0 Å². The highest BCUT2D eigenvalue weighted by Gasteiger charge is 2.07. The first-order chi connectivity index (χ1) is 11.7. The molecule has 1 aliphatic carbocycles. The van der Waals surface area contributed by atoms with Crippen LogP contribution in [-0.4, -0.2) is 26.2 Å². The fourth-order valence-corrected chi connectivity index (χ4v) is 2.48. The fourth-order valence-electron chi connectivity index (χ4n) is 2.48. The Balaban J connectivity index is 1.85. The number of esters is 1. The number of carbonyl (C=O) groups excluding carboxylic acids is 1. The first-order valence-electron chi connectivity index (χ1n) is 8.25. The second kappa shape index (κ2) is 9.73. The topological polar surface area (TPSA) is 61.5 Å². The Kier molecular flexibility index (Phi) is 7.30. The molecule has 128 valence electrons. The molecule has 4 nitrogen and oxygen atoms in total. The van der Waals surface area contributed by atoms with Gasteiger partial charge in [-0.1, -0.05) is 42.5 Å². The van der Waals surface area contributed by atoms with Gasteiger partial charge >= 0.3 is 5.97 Å². The van der Waals surface area contributed by atoms with Crippen LogP contribution >= 0.6 is 0 Å². The van der Waals surface area contributed by atoms with Crippen molar-refractivity contribution < 1.29 is 14.3 Å². The second-order valence-electron chi connectivity index (χ2n) is 5.73. The van der Waals surface area contributed by atoms with Crippen LogP contribution in [0.15, 0.2) is 59.9 Å². The minimum absolute atomic E-state index is 0.222. The standard InChI is InChI=1S/C20H25NO3/c1-23-19-9-3-6-17(10-11-19)15-24-20(22)14-18-7-2-5-16(13-18)8-4-12-21/h2-3,5-7,10-11,13H,4,8-9,12,14-15,21H2,1H3. The van der Waals surface area contributed by atoms with Crippen LogP contribution < -0.4 is 5.73 Å². The Morgan fingerprint density at radius 3 is 2.88 bits per heavy atom. The zero-order valence-corrected chi connectivity index (χ0v) is 14.2. The summed E-state index contributed by atoms with van der Waals surface area (Å²) in [6.07, 6.45) is 10.7. The lowest BCUT2D eigenvalue weighted by Gasteiger charge is -2.07. The van der Waals surface area contributed by atoms with Crippen LogP contribution in [0.2, 0.25) is 0 Å². The Bertz CT molecular complexity index is 644. The van der Waals surface area contributed by atoms with Crippen LogP contribution in [0.3, 0.4) is 0 Å².